The molecule has 0 saturated carbocycles. The minimum atomic E-state index is -1.09. The lowest BCUT2D eigenvalue weighted by Gasteiger charge is -2.35. The van der Waals surface area contributed by atoms with Gasteiger partial charge in [-0.2, -0.15) is 0 Å². The molecule has 2 aromatic rings. The van der Waals surface area contributed by atoms with E-state index < -0.39 is 35.3 Å². The Kier molecular flexibility index (Phi) is 6.86. The van der Waals surface area contributed by atoms with Gasteiger partial charge < -0.3 is 26.1 Å². The smallest absolute Gasteiger partial charge is 0.254 e. The van der Waals surface area contributed by atoms with Crippen LogP contribution in [0, 0.1) is 5.82 Å². The molecular formula is C18H20FN5O4S. The van der Waals surface area contributed by atoms with Gasteiger partial charge in [0.05, 0.1) is 30.3 Å². The van der Waals surface area contributed by atoms with E-state index in [1.54, 1.807) is 12.1 Å². The Morgan fingerprint density at radius 2 is 2.03 bits per heavy atom. The van der Waals surface area contributed by atoms with Crippen LogP contribution in [-0.2, 0) is 16.1 Å². The first-order valence-corrected chi connectivity index (χ1v) is 9.77. The van der Waals surface area contributed by atoms with Crippen LogP contribution in [0.5, 0.6) is 0 Å². The Hall–Kier alpha value is -2.89. The highest BCUT2D eigenvalue weighted by atomic mass is 32.2. The molecule has 0 aliphatic carbocycles. The Bertz CT molecular complexity index is 879. The van der Waals surface area contributed by atoms with Gasteiger partial charge in [0.2, 0.25) is 11.8 Å². The number of thioether (sulfide) groups is 1. The van der Waals surface area contributed by atoms with Crippen LogP contribution in [0.2, 0.25) is 0 Å². The molecule has 3 unspecified atom stereocenters. The lowest BCUT2D eigenvalue weighted by atomic mass is 10.1. The summed E-state index contributed by atoms with van der Waals surface area (Å²) in [5, 5.41) is 10.6. The number of furan rings is 1. The van der Waals surface area contributed by atoms with E-state index in [0.717, 1.165) is 17.8 Å². The summed E-state index contributed by atoms with van der Waals surface area (Å²) in [6.45, 7) is 0.264. The third kappa shape index (κ3) is 5.56. The maximum absolute atomic E-state index is 13.7. The highest BCUT2D eigenvalue weighted by Crippen LogP contribution is 2.12. The second-order valence-electron chi connectivity index (χ2n) is 6.18. The molecule has 1 aromatic heterocycles. The normalized spacial score (nSPS) is 21.3. The Morgan fingerprint density at radius 1 is 1.24 bits per heavy atom. The summed E-state index contributed by atoms with van der Waals surface area (Å²) in [5.41, 5.74) is 5.15. The van der Waals surface area contributed by atoms with Gasteiger partial charge in [0, 0.05) is 0 Å². The van der Waals surface area contributed by atoms with E-state index in [-0.39, 0.29) is 23.8 Å². The summed E-state index contributed by atoms with van der Waals surface area (Å²) in [7, 11) is 0. The van der Waals surface area contributed by atoms with Crippen LogP contribution in [0.3, 0.4) is 0 Å². The number of halogens is 1. The van der Waals surface area contributed by atoms with E-state index in [2.05, 4.69) is 21.3 Å². The van der Waals surface area contributed by atoms with Crippen molar-refractivity contribution in [1.82, 2.24) is 21.3 Å². The van der Waals surface area contributed by atoms with Crippen molar-refractivity contribution in [3.63, 3.8) is 0 Å². The summed E-state index contributed by atoms with van der Waals surface area (Å²) in [4.78, 5) is 36.4. The minimum Gasteiger partial charge on any atom is -0.467 e. The fraction of sp³-hybridized carbons (Fsp3) is 0.278. The fourth-order valence-electron chi connectivity index (χ4n) is 2.61. The molecular weight excluding hydrogens is 401 g/mol. The SMILES string of the molecule is NC1NC(SCC(=O)NCc2ccco2)NC(=O)C1NC(=O)c1ccccc1F. The summed E-state index contributed by atoms with van der Waals surface area (Å²) in [6.07, 6.45) is 0.601. The van der Waals surface area contributed by atoms with E-state index in [1.807, 2.05) is 0 Å². The quantitative estimate of drug-likeness (QED) is 0.419. The molecule has 3 amide bonds. The van der Waals surface area contributed by atoms with Gasteiger partial charge in [-0.05, 0) is 24.3 Å². The molecule has 1 aliphatic heterocycles. The first kappa shape index (κ1) is 20.8. The second kappa shape index (κ2) is 9.54. The first-order chi connectivity index (χ1) is 13.9. The molecule has 0 spiro atoms. The van der Waals surface area contributed by atoms with Crippen molar-refractivity contribution in [2.75, 3.05) is 5.75 Å². The number of rotatable bonds is 7. The zero-order chi connectivity index (χ0) is 20.8. The van der Waals surface area contributed by atoms with E-state index in [0.29, 0.717) is 5.76 Å². The van der Waals surface area contributed by atoms with Gasteiger partial charge in [-0.3, -0.25) is 19.7 Å². The van der Waals surface area contributed by atoms with Crippen molar-refractivity contribution in [1.29, 1.82) is 0 Å². The molecule has 2 heterocycles. The van der Waals surface area contributed by atoms with Crippen molar-refractivity contribution >= 4 is 29.5 Å². The number of amides is 3. The maximum atomic E-state index is 13.7. The van der Waals surface area contributed by atoms with Crippen LogP contribution in [0.1, 0.15) is 16.1 Å². The fourth-order valence-corrected chi connectivity index (χ4v) is 3.49. The van der Waals surface area contributed by atoms with Crippen molar-refractivity contribution in [2.24, 2.45) is 5.73 Å². The van der Waals surface area contributed by atoms with Crippen molar-refractivity contribution in [2.45, 2.75) is 24.3 Å². The summed E-state index contributed by atoms with van der Waals surface area (Å²) in [6, 6.07) is 7.81. The van der Waals surface area contributed by atoms with Crippen LogP contribution in [-0.4, -0.2) is 41.2 Å². The maximum Gasteiger partial charge on any atom is 0.254 e. The Labute approximate surface area is 170 Å². The topological polar surface area (TPSA) is 138 Å². The van der Waals surface area contributed by atoms with Crippen molar-refractivity contribution in [3.05, 3.63) is 59.8 Å². The highest BCUT2D eigenvalue weighted by molar-refractivity contribution is 8.00. The van der Waals surface area contributed by atoms with E-state index in [1.165, 1.54) is 24.5 Å². The molecule has 154 valence electrons. The zero-order valence-electron chi connectivity index (χ0n) is 15.2. The molecule has 1 aromatic carbocycles. The van der Waals surface area contributed by atoms with Crippen LogP contribution < -0.4 is 27.0 Å². The van der Waals surface area contributed by atoms with Crippen LogP contribution in [0.25, 0.3) is 0 Å². The predicted octanol–water partition coefficient (Wildman–Crippen LogP) is -0.145. The molecule has 1 saturated heterocycles. The van der Waals surface area contributed by atoms with Gasteiger partial charge >= 0.3 is 0 Å². The molecule has 9 nitrogen and oxygen atoms in total. The summed E-state index contributed by atoms with van der Waals surface area (Å²) >= 11 is 1.13. The Balaban J connectivity index is 1.46. The molecule has 11 heteroatoms. The lowest BCUT2D eigenvalue weighted by Crippen LogP contribution is -2.70. The van der Waals surface area contributed by atoms with Gasteiger partial charge in [-0.1, -0.05) is 12.1 Å². The van der Waals surface area contributed by atoms with Crippen molar-refractivity contribution < 1.29 is 23.2 Å². The average Bonchev–Trinajstić information content (AvgIpc) is 3.21. The molecule has 29 heavy (non-hydrogen) atoms. The highest BCUT2D eigenvalue weighted by Gasteiger charge is 2.35. The number of nitrogens with two attached hydrogens (primary N) is 1. The second-order valence-corrected chi connectivity index (χ2v) is 7.27. The average molecular weight is 421 g/mol. The molecule has 0 bridgehead atoms. The van der Waals surface area contributed by atoms with Gasteiger partial charge in [-0.25, -0.2) is 4.39 Å². The first-order valence-electron chi connectivity index (χ1n) is 8.72. The zero-order valence-corrected chi connectivity index (χ0v) is 16.0. The summed E-state index contributed by atoms with van der Waals surface area (Å²) < 4.78 is 18.8. The number of nitrogens with one attached hydrogen (secondary N) is 4. The minimum absolute atomic E-state index is 0.0671. The summed E-state index contributed by atoms with van der Waals surface area (Å²) in [5.74, 6) is -1.53. The standard InChI is InChI=1S/C18H20FN5O4S/c19-12-6-2-1-5-11(12)16(26)22-14-15(20)23-18(24-17(14)27)29-9-13(25)21-8-10-4-3-7-28-10/h1-7,14-15,18,23H,8-9,20H2,(H,21,25)(H,22,26)(H,24,27). The Morgan fingerprint density at radius 3 is 2.72 bits per heavy atom. The number of hydrogen-bond donors (Lipinski definition) is 5. The molecule has 1 fully saturated rings. The molecule has 1 aliphatic rings. The van der Waals surface area contributed by atoms with Gasteiger partial charge in [0.15, 0.2) is 0 Å². The van der Waals surface area contributed by atoms with E-state index in [9.17, 15) is 18.8 Å². The number of benzene rings is 1. The lowest BCUT2D eigenvalue weighted by molar-refractivity contribution is -0.126. The van der Waals surface area contributed by atoms with Crippen molar-refractivity contribution in [3.8, 4) is 0 Å². The third-order valence-corrected chi connectivity index (χ3v) is 5.10. The number of carbonyl (C=O) groups excluding carboxylic acids is 3. The monoisotopic (exact) mass is 421 g/mol. The van der Waals surface area contributed by atoms with E-state index in [4.69, 9.17) is 10.2 Å². The molecule has 3 atom stereocenters. The predicted molar refractivity (Wildman–Crippen MR) is 104 cm³/mol. The van der Waals surface area contributed by atoms with E-state index >= 15 is 0 Å². The molecule has 0 radical (unpaired) electrons. The van der Waals surface area contributed by atoms with Gasteiger partial charge in [-0.15, -0.1) is 11.8 Å². The van der Waals surface area contributed by atoms with Crippen LogP contribution >= 0.6 is 11.8 Å². The third-order valence-electron chi connectivity index (χ3n) is 4.08. The van der Waals surface area contributed by atoms with Crippen LogP contribution in [0.4, 0.5) is 4.39 Å². The van der Waals surface area contributed by atoms with Gasteiger partial charge in [0.1, 0.15) is 23.1 Å². The number of carbonyl (C=O) groups is 3. The molecule has 3 rings (SSSR count). The van der Waals surface area contributed by atoms with Crippen LogP contribution in [0.15, 0.2) is 47.1 Å². The largest absolute Gasteiger partial charge is 0.467 e. The number of hydrogen-bond acceptors (Lipinski definition) is 7. The molecule has 6 N–H and O–H groups in total. The van der Waals surface area contributed by atoms with Gasteiger partial charge in [0.25, 0.3) is 5.91 Å².